The van der Waals surface area contributed by atoms with Crippen LogP contribution in [0.3, 0.4) is 0 Å². The molecule has 0 bridgehead atoms. The van der Waals surface area contributed by atoms with Gasteiger partial charge in [-0.2, -0.15) is 0 Å². The van der Waals surface area contributed by atoms with E-state index in [0.29, 0.717) is 12.1 Å². The Kier molecular flexibility index (Phi) is 6.18. The van der Waals surface area contributed by atoms with E-state index in [1.807, 2.05) is 12.1 Å². The summed E-state index contributed by atoms with van der Waals surface area (Å²) in [5.41, 5.74) is 6.95. The van der Waals surface area contributed by atoms with Crippen LogP contribution in [0.2, 0.25) is 0 Å². The summed E-state index contributed by atoms with van der Waals surface area (Å²) < 4.78 is 0. The summed E-state index contributed by atoms with van der Waals surface area (Å²) in [6.07, 6.45) is 3.55. The number of amides is 2. The lowest BCUT2D eigenvalue weighted by Gasteiger charge is -2.22. The van der Waals surface area contributed by atoms with Crippen molar-refractivity contribution in [2.45, 2.75) is 37.8 Å². The molecule has 6 heteroatoms. The number of halogens is 1. The molecule has 1 fully saturated rings. The maximum absolute atomic E-state index is 12.1. The predicted molar refractivity (Wildman–Crippen MR) is 84.3 cm³/mol. The smallest absolute Gasteiger partial charge is 0.251 e. The second-order valence-electron chi connectivity index (χ2n) is 5.32. The topological polar surface area (TPSA) is 84.2 Å². The van der Waals surface area contributed by atoms with Gasteiger partial charge in [-0.05, 0) is 30.5 Å². The molecule has 21 heavy (non-hydrogen) atoms. The largest absolute Gasteiger partial charge is 0.355 e. The molecule has 0 aromatic heterocycles. The van der Waals surface area contributed by atoms with Crippen LogP contribution in [0.5, 0.6) is 0 Å². The van der Waals surface area contributed by atoms with Gasteiger partial charge in [0.15, 0.2) is 0 Å². The lowest BCUT2D eigenvalue weighted by atomic mass is 9.98. The summed E-state index contributed by atoms with van der Waals surface area (Å²) in [7, 11) is 1.60. The van der Waals surface area contributed by atoms with Gasteiger partial charge in [0.05, 0.1) is 5.54 Å². The summed E-state index contributed by atoms with van der Waals surface area (Å²) in [5.74, 6) is -0.196. The Hall–Kier alpha value is -1.59. The van der Waals surface area contributed by atoms with E-state index in [0.717, 1.165) is 31.2 Å². The summed E-state index contributed by atoms with van der Waals surface area (Å²) in [6, 6.07) is 7.16. The van der Waals surface area contributed by atoms with E-state index in [1.165, 1.54) is 0 Å². The third kappa shape index (κ3) is 4.19. The van der Waals surface area contributed by atoms with E-state index in [9.17, 15) is 9.59 Å². The van der Waals surface area contributed by atoms with Crippen LogP contribution in [0.25, 0.3) is 0 Å². The highest BCUT2D eigenvalue weighted by atomic mass is 35.5. The van der Waals surface area contributed by atoms with Gasteiger partial charge in [0, 0.05) is 19.2 Å². The van der Waals surface area contributed by atoms with Crippen LogP contribution in [0.4, 0.5) is 0 Å². The molecule has 1 aliphatic rings. The minimum Gasteiger partial charge on any atom is -0.355 e. The number of carbonyl (C=O) groups is 2. The molecular weight excluding hydrogens is 290 g/mol. The summed E-state index contributed by atoms with van der Waals surface area (Å²) in [6.45, 7) is 0.436. The van der Waals surface area contributed by atoms with Gasteiger partial charge in [0.25, 0.3) is 5.91 Å². The SMILES string of the molecule is CNC(=O)c1ccc(CNC(=O)C2(N)CCCC2)cc1.Cl. The van der Waals surface area contributed by atoms with Crippen molar-refractivity contribution in [1.82, 2.24) is 10.6 Å². The second-order valence-corrected chi connectivity index (χ2v) is 5.32. The van der Waals surface area contributed by atoms with Gasteiger partial charge in [0.2, 0.25) is 5.91 Å². The Bertz CT molecular complexity index is 496. The molecule has 0 unspecified atom stereocenters. The first-order chi connectivity index (χ1) is 9.55. The van der Waals surface area contributed by atoms with E-state index in [4.69, 9.17) is 5.73 Å². The fourth-order valence-corrected chi connectivity index (χ4v) is 2.51. The molecule has 1 aliphatic carbocycles. The van der Waals surface area contributed by atoms with Crippen LogP contribution in [-0.4, -0.2) is 24.4 Å². The van der Waals surface area contributed by atoms with E-state index < -0.39 is 5.54 Å². The molecule has 2 amide bonds. The fourth-order valence-electron chi connectivity index (χ4n) is 2.51. The van der Waals surface area contributed by atoms with Crippen LogP contribution in [0.1, 0.15) is 41.6 Å². The number of nitrogens with one attached hydrogen (secondary N) is 2. The highest BCUT2D eigenvalue weighted by Gasteiger charge is 2.36. The van der Waals surface area contributed by atoms with Gasteiger partial charge >= 0.3 is 0 Å². The standard InChI is InChI=1S/C15H21N3O2.ClH/c1-17-13(19)12-6-4-11(5-7-12)10-18-14(20)15(16)8-2-3-9-15;/h4-7H,2-3,8-10,16H2,1H3,(H,17,19)(H,18,20);1H. The van der Waals surface area contributed by atoms with Crippen LogP contribution < -0.4 is 16.4 Å². The van der Waals surface area contributed by atoms with Gasteiger partial charge in [-0.15, -0.1) is 12.4 Å². The Morgan fingerprint density at radius 2 is 1.76 bits per heavy atom. The average molecular weight is 312 g/mol. The number of rotatable bonds is 4. The summed E-state index contributed by atoms with van der Waals surface area (Å²) in [5, 5.41) is 5.45. The van der Waals surface area contributed by atoms with Crippen molar-refractivity contribution in [2.75, 3.05) is 7.05 Å². The first-order valence-corrected chi connectivity index (χ1v) is 6.93. The molecule has 4 N–H and O–H groups in total. The monoisotopic (exact) mass is 311 g/mol. The van der Waals surface area contributed by atoms with Gasteiger partial charge in [0.1, 0.15) is 0 Å². The highest BCUT2D eigenvalue weighted by Crippen LogP contribution is 2.27. The lowest BCUT2D eigenvalue weighted by Crippen LogP contribution is -2.51. The zero-order valence-corrected chi connectivity index (χ0v) is 13.0. The lowest BCUT2D eigenvalue weighted by molar-refractivity contribution is -0.126. The van der Waals surface area contributed by atoms with Crippen LogP contribution in [0.15, 0.2) is 24.3 Å². The third-order valence-electron chi connectivity index (χ3n) is 3.84. The van der Waals surface area contributed by atoms with Crippen molar-refractivity contribution in [3.05, 3.63) is 35.4 Å². The molecule has 2 rings (SSSR count). The van der Waals surface area contributed by atoms with Crippen molar-refractivity contribution in [3.8, 4) is 0 Å². The molecule has 0 radical (unpaired) electrons. The molecule has 0 saturated heterocycles. The maximum atomic E-state index is 12.1. The average Bonchev–Trinajstić information content (AvgIpc) is 2.92. The molecule has 1 saturated carbocycles. The fraction of sp³-hybridized carbons (Fsp3) is 0.467. The highest BCUT2D eigenvalue weighted by molar-refractivity contribution is 5.94. The number of hydrogen-bond donors (Lipinski definition) is 3. The van der Waals surface area contributed by atoms with E-state index in [1.54, 1.807) is 19.2 Å². The number of benzene rings is 1. The Labute approximate surface area is 131 Å². The van der Waals surface area contributed by atoms with Crippen LogP contribution in [-0.2, 0) is 11.3 Å². The summed E-state index contributed by atoms with van der Waals surface area (Å²) in [4.78, 5) is 23.5. The molecule has 1 aromatic carbocycles. The number of carbonyl (C=O) groups excluding carboxylic acids is 2. The van der Waals surface area contributed by atoms with Crippen LogP contribution in [0, 0.1) is 0 Å². The third-order valence-corrected chi connectivity index (χ3v) is 3.84. The predicted octanol–water partition coefficient (Wildman–Crippen LogP) is 1.36. The van der Waals surface area contributed by atoms with Crippen molar-refractivity contribution in [3.63, 3.8) is 0 Å². The summed E-state index contributed by atoms with van der Waals surface area (Å²) >= 11 is 0. The van der Waals surface area contributed by atoms with Crippen molar-refractivity contribution in [1.29, 1.82) is 0 Å². The van der Waals surface area contributed by atoms with Crippen molar-refractivity contribution in [2.24, 2.45) is 5.73 Å². The quantitative estimate of drug-likeness (QED) is 0.785. The minimum atomic E-state index is -0.692. The maximum Gasteiger partial charge on any atom is 0.251 e. The molecule has 0 atom stereocenters. The van der Waals surface area contributed by atoms with Gasteiger partial charge < -0.3 is 16.4 Å². The van der Waals surface area contributed by atoms with E-state index in [2.05, 4.69) is 10.6 Å². The second kappa shape index (κ2) is 7.43. The molecule has 0 spiro atoms. The molecule has 0 heterocycles. The van der Waals surface area contributed by atoms with Crippen LogP contribution >= 0.6 is 12.4 Å². The zero-order chi connectivity index (χ0) is 14.6. The normalized spacial score (nSPS) is 15.9. The molecule has 116 valence electrons. The first-order valence-electron chi connectivity index (χ1n) is 6.93. The number of nitrogens with two attached hydrogens (primary N) is 1. The van der Waals surface area contributed by atoms with Gasteiger partial charge in [-0.1, -0.05) is 25.0 Å². The van der Waals surface area contributed by atoms with E-state index >= 15 is 0 Å². The van der Waals surface area contributed by atoms with Crippen molar-refractivity contribution >= 4 is 24.2 Å². The van der Waals surface area contributed by atoms with Gasteiger partial charge in [-0.3, -0.25) is 9.59 Å². The van der Waals surface area contributed by atoms with Crippen molar-refractivity contribution < 1.29 is 9.59 Å². The Morgan fingerprint density at radius 3 is 2.29 bits per heavy atom. The molecule has 5 nitrogen and oxygen atoms in total. The Balaban J connectivity index is 0.00000220. The van der Waals surface area contributed by atoms with E-state index in [-0.39, 0.29) is 24.2 Å². The van der Waals surface area contributed by atoms with Gasteiger partial charge in [-0.25, -0.2) is 0 Å². The first kappa shape index (κ1) is 17.5. The molecule has 1 aromatic rings. The molecule has 0 aliphatic heterocycles. The number of hydrogen-bond acceptors (Lipinski definition) is 3. The minimum absolute atomic E-state index is 0. The Morgan fingerprint density at radius 1 is 1.19 bits per heavy atom. The zero-order valence-electron chi connectivity index (χ0n) is 12.1. The molecular formula is C15H22ClN3O2.